The molecule has 3 unspecified atom stereocenters. The van der Waals surface area contributed by atoms with Gasteiger partial charge >= 0.3 is 5.97 Å². The lowest BCUT2D eigenvalue weighted by Crippen LogP contribution is -2.51. The number of carboxylic acids is 1. The molecule has 328 valence electrons. The second-order valence-electron chi connectivity index (χ2n) is 18.5. The summed E-state index contributed by atoms with van der Waals surface area (Å²) >= 11 is 0. The molecule has 0 saturated heterocycles. The Bertz CT molecular complexity index is 2860. The Balaban J connectivity index is 0.838. The first-order valence-corrected chi connectivity index (χ1v) is 22.6. The first kappa shape index (κ1) is 42.8. The first-order chi connectivity index (χ1) is 30.8. The minimum atomic E-state index is -1.18. The molecule has 5 aliphatic carbocycles. The summed E-state index contributed by atoms with van der Waals surface area (Å²) in [6, 6.07) is 22.5. The van der Waals surface area contributed by atoms with Crippen LogP contribution in [0.1, 0.15) is 106 Å². The number of allylic oxidation sites excluding steroid dienone is 4. The van der Waals surface area contributed by atoms with E-state index in [0.717, 1.165) is 57.2 Å². The summed E-state index contributed by atoms with van der Waals surface area (Å²) < 4.78 is 5.93. The number of carbonyl (C=O) groups excluding carboxylic acids is 2. The topological polar surface area (TPSA) is 157 Å². The average molecular weight is 859 g/mol. The van der Waals surface area contributed by atoms with E-state index >= 15 is 0 Å². The zero-order valence-corrected chi connectivity index (χ0v) is 36.6. The Morgan fingerprint density at radius 2 is 1.72 bits per heavy atom. The van der Waals surface area contributed by atoms with Gasteiger partial charge in [-0.05, 0) is 147 Å². The van der Waals surface area contributed by atoms with Crippen LogP contribution >= 0.6 is 0 Å². The van der Waals surface area contributed by atoms with E-state index < -0.39 is 11.6 Å². The predicted octanol–water partition coefficient (Wildman–Crippen LogP) is 10.3. The van der Waals surface area contributed by atoms with Crippen molar-refractivity contribution in [2.45, 2.75) is 96.0 Å². The average Bonchev–Trinajstić information content (AvgIpc) is 3.53. The molecule has 0 radical (unpaired) electrons. The number of hydrogen-bond acceptors (Lipinski definition) is 8. The molecule has 3 aromatic rings. The minimum Gasteiger partial charge on any atom is -0.508 e. The molecule has 0 bridgehead atoms. The summed E-state index contributed by atoms with van der Waals surface area (Å²) in [5.74, 6) is 6.25. The van der Waals surface area contributed by atoms with Crippen LogP contribution in [0.5, 0.6) is 5.75 Å². The van der Waals surface area contributed by atoms with Crippen LogP contribution in [0.4, 0.5) is 11.4 Å². The smallest absolute Gasteiger partial charge is 0.336 e. The van der Waals surface area contributed by atoms with Gasteiger partial charge in [-0.1, -0.05) is 43.0 Å². The number of phenolic OH excluding ortho intramolecular Hbond substituents is 1. The van der Waals surface area contributed by atoms with Crippen molar-refractivity contribution in [1.82, 2.24) is 0 Å². The number of phenols is 1. The lowest BCUT2D eigenvalue weighted by molar-refractivity contribution is -0.116. The molecule has 0 spiro atoms. The van der Waals surface area contributed by atoms with Crippen molar-refractivity contribution in [1.29, 1.82) is 0 Å². The second-order valence-corrected chi connectivity index (χ2v) is 18.5. The lowest BCUT2D eigenvalue weighted by atomic mass is 9.51. The number of ketones is 1. The molecule has 64 heavy (non-hydrogen) atoms. The van der Waals surface area contributed by atoms with Gasteiger partial charge in [-0.3, -0.25) is 14.4 Å². The highest BCUT2D eigenvalue weighted by molar-refractivity contribution is 6.08. The van der Waals surface area contributed by atoms with E-state index in [9.17, 15) is 34.5 Å². The zero-order valence-electron chi connectivity index (χ0n) is 36.6. The van der Waals surface area contributed by atoms with Gasteiger partial charge in [-0.25, -0.2) is 4.79 Å². The number of fused-ring (bicyclic) bond motifs is 6. The van der Waals surface area contributed by atoms with Gasteiger partial charge in [0.25, 0.3) is 0 Å². The third kappa shape index (κ3) is 7.70. The van der Waals surface area contributed by atoms with Crippen LogP contribution in [0.3, 0.4) is 0 Å². The van der Waals surface area contributed by atoms with Gasteiger partial charge in [0.2, 0.25) is 5.91 Å². The van der Waals surface area contributed by atoms with Crippen molar-refractivity contribution < 1.29 is 34.1 Å². The molecule has 5 atom stereocenters. The van der Waals surface area contributed by atoms with Crippen LogP contribution in [-0.4, -0.2) is 52.2 Å². The van der Waals surface area contributed by atoms with Crippen molar-refractivity contribution in [3.63, 3.8) is 0 Å². The van der Waals surface area contributed by atoms with Crippen LogP contribution in [0.15, 0.2) is 111 Å². The zero-order chi connectivity index (χ0) is 44.9. The molecule has 3 aromatic carbocycles. The minimum absolute atomic E-state index is 0.0320. The maximum atomic E-state index is 13.1. The highest BCUT2D eigenvalue weighted by atomic mass is 16.4. The molecule has 1 aliphatic heterocycles. The number of aromatic hydroxyl groups is 1. The molecule has 2 fully saturated rings. The molecular weight excluding hydrogens is 805 g/mol. The normalized spacial score (nSPS) is 23.7. The summed E-state index contributed by atoms with van der Waals surface area (Å²) in [5, 5.41) is 35.9. The summed E-state index contributed by atoms with van der Waals surface area (Å²) in [4.78, 5) is 52.6. The summed E-state index contributed by atoms with van der Waals surface area (Å²) in [5.41, 5.74) is 6.94. The van der Waals surface area contributed by atoms with Gasteiger partial charge in [-0.2, -0.15) is 0 Å². The highest BCUT2D eigenvalue weighted by Gasteiger charge is 2.62. The second kappa shape index (κ2) is 16.9. The molecule has 1 heterocycles. The molecule has 10 nitrogen and oxygen atoms in total. The number of unbranched alkanes of at least 4 members (excludes halogenated alkanes) is 2. The van der Waals surface area contributed by atoms with Gasteiger partial charge in [0.05, 0.1) is 5.56 Å². The fourth-order valence-corrected chi connectivity index (χ4v) is 11.7. The van der Waals surface area contributed by atoms with Crippen LogP contribution < -0.4 is 15.6 Å². The largest absolute Gasteiger partial charge is 0.508 e. The van der Waals surface area contributed by atoms with E-state index in [1.165, 1.54) is 52.6 Å². The maximum absolute atomic E-state index is 13.1. The number of anilines is 2. The molecule has 0 aromatic heterocycles. The number of carboxylic acid groups (broad SMARTS) is 1. The molecule has 4 N–H and O–H groups in total. The maximum Gasteiger partial charge on any atom is 0.336 e. The number of aromatic carboxylic acids is 1. The quantitative estimate of drug-likeness (QED) is 0.0577. The van der Waals surface area contributed by atoms with E-state index in [1.54, 1.807) is 24.3 Å². The fraction of sp³-hybridized carbons (Fsp3) is 0.370. The first-order valence-electron chi connectivity index (χ1n) is 22.6. The molecule has 9 rings (SSSR count). The monoisotopic (exact) mass is 858 g/mol. The Morgan fingerprint density at radius 1 is 0.922 bits per heavy atom. The lowest BCUT2D eigenvalue weighted by Gasteiger charge is -2.53. The van der Waals surface area contributed by atoms with E-state index in [0.29, 0.717) is 64.4 Å². The summed E-state index contributed by atoms with van der Waals surface area (Å²) in [6.45, 7) is 4.90. The third-order valence-electron chi connectivity index (χ3n) is 14.8. The van der Waals surface area contributed by atoms with Crippen molar-refractivity contribution in [2.75, 3.05) is 23.8 Å². The molecule has 10 heteroatoms. The Hall–Kier alpha value is -6.44. The van der Waals surface area contributed by atoms with Crippen LogP contribution in [-0.2, 0) is 9.59 Å². The third-order valence-corrected chi connectivity index (χ3v) is 14.8. The van der Waals surface area contributed by atoms with Gasteiger partial charge in [0, 0.05) is 77.8 Å². The number of nitrogens with zero attached hydrogens (tertiary/aromatic N) is 1. The van der Waals surface area contributed by atoms with Gasteiger partial charge in [0.1, 0.15) is 22.7 Å². The van der Waals surface area contributed by atoms with Crippen LogP contribution in [0.2, 0.25) is 0 Å². The molecule has 2 saturated carbocycles. The van der Waals surface area contributed by atoms with E-state index in [-0.39, 0.29) is 51.9 Å². The van der Waals surface area contributed by atoms with Gasteiger partial charge < -0.3 is 30.0 Å². The Kier molecular flexibility index (Phi) is 11.3. The summed E-state index contributed by atoms with van der Waals surface area (Å²) in [7, 11) is 2.08. The molecular formula is C54H54N2O8. The van der Waals surface area contributed by atoms with Crippen molar-refractivity contribution >= 4 is 40.0 Å². The Morgan fingerprint density at radius 3 is 2.50 bits per heavy atom. The number of amides is 1. The number of hydrogen-bond donors (Lipinski definition) is 4. The predicted molar refractivity (Wildman–Crippen MR) is 249 cm³/mol. The fourth-order valence-electron chi connectivity index (χ4n) is 11.7. The Labute approximate surface area is 373 Å². The van der Waals surface area contributed by atoms with E-state index in [2.05, 4.69) is 60.3 Å². The number of rotatable bonds is 11. The van der Waals surface area contributed by atoms with Crippen molar-refractivity contribution in [2.24, 2.45) is 17.3 Å². The SMILES string of the molecule is CC#C[C@]1(O)CCC2C3CCC4=CC(=O)CCC4=C3C(c3ccc(N(C)CCCCCC(=O)Nc4ccc(-c5c6ccc(=O)cc-6oc6cc(O)ccc56)c(C(=O)O)c4)cc3)C[C@@]21C. The van der Waals surface area contributed by atoms with Crippen LogP contribution in [0, 0.1) is 29.1 Å². The molecule has 6 aliphatic rings. The summed E-state index contributed by atoms with van der Waals surface area (Å²) in [6.07, 6.45) is 10.3. The highest BCUT2D eigenvalue weighted by Crippen LogP contribution is 2.66. The van der Waals surface area contributed by atoms with Crippen molar-refractivity contribution in [3.05, 3.63) is 123 Å². The van der Waals surface area contributed by atoms with Crippen molar-refractivity contribution in [3.8, 4) is 40.0 Å². The van der Waals surface area contributed by atoms with E-state index in [1.807, 2.05) is 13.0 Å². The molecule has 1 amide bonds. The standard InChI is InChI=1S/C54H54N2O8/c1-4-24-54(63)25-23-46-41-18-11-33-27-36(57)15-20-39(33)50(41)45(31-53(46,54)2)32-9-13-35(14-10-32)56(3)26-7-5-6-8-49(60)55-34-12-19-40(44(28-34)52(61)62)51-42-21-16-37(58)29-47(42)64-48-30-38(59)17-22-43(48)51/h9-10,12-14,16-17,19,21-22,27-30,41,45-46,58,63H,5-8,11,15,18,20,23,25-26,31H2,1-3H3,(H,55,60)(H,61,62)/t41?,45?,46?,53-,54-/m0/s1. The van der Waals surface area contributed by atoms with Gasteiger partial charge in [-0.15, -0.1) is 5.92 Å². The van der Waals surface area contributed by atoms with Crippen LogP contribution in [0.25, 0.3) is 33.4 Å². The number of benzene rings is 4. The van der Waals surface area contributed by atoms with E-state index in [4.69, 9.17) is 4.42 Å². The van der Waals surface area contributed by atoms with Gasteiger partial charge in [0.15, 0.2) is 11.2 Å². The number of aliphatic hydroxyl groups is 1. The number of nitrogens with one attached hydrogen (secondary N) is 1. The number of carbonyl (C=O) groups is 3.